The van der Waals surface area contributed by atoms with Crippen LogP contribution in [0.15, 0.2) is 42.5 Å². The predicted octanol–water partition coefficient (Wildman–Crippen LogP) is 4.83. The molecular weight excluding hydrogens is 390 g/mol. The number of aryl methyl sites for hydroxylation is 1. The molecule has 3 aliphatic heterocycles. The third-order valence-corrected chi connectivity index (χ3v) is 7.31. The predicted molar refractivity (Wildman–Crippen MR) is 118 cm³/mol. The van der Waals surface area contributed by atoms with Crippen LogP contribution in [0.3, 0.4) is 0 Å². The number of ether oxygens (including phenoxy) is 2. The number of likely N-dealkylation sites (tertiary alicyclic amines) is 1. The van der Waals surface area contributed by atoms with Gasteiger partial charge in [-0.2, -0.15) is 0 Å². The molecule has 5 nitrogen and oxygen atoms in total. The maximum Gasteiger partial charge on any atom is 0.335 e. The molecule has 3 aliphatic rings. The summed E-state index contributed by atoms with van der Waals surface area (Å²) in [7, 11) is 0. The smallest absolute Gasteiger partial charge is 0.335 e. The summed E-state index contributed by atoms with van der Waals surface area (Å²) in [5.41, 5.74) is 3.54. The van der Waals surface area contributed by atoms with E-state index in [2.05, 4.69) is 43.9 Å². The summed E-state index contributed by atoms with van der Waals surface area (Å²) in [4.78, 5) is 13.7. The molecule has 0 aromatic heterocycles. The minimum absolute atomic E-state index is 0.0967. The number of carboxylic acid groups (broad SMARTS) is 1. The molecule has 0 spiro atoms. The Hall–Kier alpha value is -2.37. The van der Waals surface area contributed by atoms with E-state index in [1.54, 1.807) is 12.1 Å². The highest BCUT2D eigenvalue weighted by atomic mass is 16.5. The van der Waals surface area contributed by atoms with Gasteiger partial charge in [0.05, 0.1) is 17.8 Å². The maximum absolute atomic E-state index is 11.3. The van der Waals surface area contributed by atoms with E-state index >= 15 is 0 Å². The number of hydrogen-bond acceptors (Lipinski definition) is 4. The molecule has 31 heavy (non-hydrogen) atoms. The fraction of sp³-hybridized carbons (Fsp3) is 0.500. The van der Waals surface area contributed by atoms with Crippen molar-refractivity contribution >= 4 is 5.97 Å². The molecule has 0 amide bonds. The molecule has 5 heteroatoms. The standard InChI is InChI=1S/C26H31NO4/c1-16-7-8-20-23(11-16)31-26(2,3)21-13-19-15-27(10-9-22(19)30-24(20)21)14-17-5-4-6-18(12-17)25(28)29/h4-8,11-12,19,21-22,24H,9-10,13-15H2,1-3H3,(H,28,29)/t19-,21+,22+,24-/m0/s1. The Morgan fingerprint density at radius 3 is 2.87 bits per heavy atom. The van der Waals surface area contributed by atoms with Crippen LogP contribution in [0.4, 0.5) is 0 Å². The Bertz CT molecular complexity index is 1000. The van der Waals surface area contributed by atoms with E-state index in [4.69, 9.17) is 9.47 Å². The Morgan fingerprint density at radius 1 is 1.23 bits per heavy atom. The van der Waals surface area contributed by atoms with Crippen LogP contribution in [0, 0.1) is 18.8 Å². The van der Waals surface area contributed by atoms with Crippen LogP contribution in [0.5, 0.6) is 5.75 Å². The van der Waals surface area contributed by atoms with Crippen LogP contribution < -0.4 is 4.74 Å². The van der Waals surface area contributed by atoms with Crippen molar-refractivity contribution in [1.82, 2.24) is 4.90 Å². The van der Waals surface area contributed by atoms with Gasteiger partial charge in [0.2, 0.25) is 0 Å². The summed E-state index contributed by atoms with van der Waals surface area (Å²) < 4.78 is 13.2. The van der Waals surface area contributed by atoms with E-state index in [1.165, 1.54) is 11.1 Å². The lowest BCUT2D eigenvalue weighted by atomic mass is 9.70. The van der Waals surface area contributed by atoms with Gasteiger partial charge in [-0.15, -0.1) is 0 Å². The highest BCUT2D eigenvalue weighted by Gasteiger charge is 2.51. The molecular formula is C26H31NO4. The normalized spacial score (nSPS) is 29.3. The Balaban J connectivity index is 1.33. The molecule has 4 atom stereocenters. The molecule has 2 aromatic carbocycles. The van der Waals surface area contributed by atoms with Gasteiger partial charge in [-0.25, -0.2) is 4.79 Å². The van der Waals surface area contributed by atoms with Crippen LogP contribution >= 0.6 is 0 Å². The molecule has 0 saturated carbocycles. The number of carbonyl (C=O) groups is 1. The van der Waals surface area contributed by atoms with Crippen molar-refractivity contribution in [2.24, 2.45) is 11.8 Å². The average Bonchev–Trinajstić information content (AvgIpc) is 2.72. The van der Waals surface area contributed by atoms with Crippen LogP contribution in [0.1, 0.15) is 59.8 Å². The average molecular weight is 422 g/mol. The number of rotatable bonds is 3. The third-order valence-electron chi connectivity index (χ3n) is 7.31. The fourth-order valence-corrected chi connectivity index (χ4v) is 5.69. The van der Waals surface area contributed by atoms with E-state index in [9.17, 15) is 9.90 Å². The first kappa shape index (κ1) is 20.5. The molecule has 1 N–H and O–H groups in total. The van der Waals surface area contributed by atoms with Gasteiger partial charge in [0.1, 0.15) is 11.4 Å². The first-order valence-corrected chi connectivity index (χ1v) is 11.3. The monoisotopic (exact) mass is 421 g/mol. The van der Waals surface area contributed by atoms with Gasteiger partial charge in [-0.1, -0.05) is 24.3 Å². The van der Waals surface area contributed by atoms with E-state index in [-0.39, 0.29) is 17.8 Å². The SMILES string of the molecule is Cc1ccc2c(c1)OC(C)(C)[C@@H]1C[C@H]3CN(Cc4cccc(C(=O)O)c4)CC[C@H]3O[C@@H]21. The summed E-state index contributed by atoms with van der Waals surface area (Å²) in [5.74, 6) is 0.884. The van der Waals surface area contributed by atoms with Crippen molar-refractivity contribution in [3.8, 4) is 5.75 Å². The van der Waals surface area contributed by atoms with Gasteiger partial charge in [-0.3, -0.25) is 4.90 Å². The molecule has 3 heterocycles. The Labute approximate surface area is 184 Å². The Morgan fingerprint density at radius 2 is 2.06 bits per heavy atom. The number of nitrogens with zero attached hydrogens (tertiary/aromatic N) is 1. The van der Waals surface area contributed by atoms with Crippen molar-refractivity contribution < 1.29 is 19.4 Å². The lowest BCUT2D eigenvalue weighted by Crippen LogP contribution is -2.55. The number of benzene rings is 2. The quantitative estimate of drug-likeness (QED) is 0.769. The zero-order chi connectivity index (χ0) is 21.8. The zero-order valence-corrected chi connectivity index (χ0v) is 18.5. The van der Waals surface area contributed by atoms with Gasteiger partial charge in [-0.05, 0) is 68.9 Å². The summed E-state index contributed by atoms with van der Waals surface area (Å²) in [5, 5.41) is 9.27. The molecule has 0 unspecified atom stereocenters. The number of aromatic carboxylic acids is 1. The number of piperidine rings is 1. The summed E-state index contributed by atoms with van der Waals surface area (Å²) in [6.45, 7) is 9.20. The topological polar surface area (TPSA) is 59.0 Å². The largest absolute Gasteiger partial charge is 0.487 e. The van der Waals surface area contributed by atoms with Crippen molar-refractivity contribution in [2.75, 3.05) is 13.1 Å². The van der Waals surface area contributed by atoms with Gasteiger partial charge >= 0.3 is 5.97 Å². The summed E-state index contributed by atoms with van der Waals surface area (Å²) in [6, 6.07) is 13.8. The summed E-state index contributed by atoms with van der Waals surface area (Å²) in [6.07, 6.45) is 2.46. The van der Waals surface area contributed by atoms with E-state index in [0.717, 1.165) is 43.8 Å². The first-order valence-electron chi connectivity index (χ1n) is 11.3. The van der Waals surface area contributed by atoms with Crippen molar-refractivity contribution in [3.05, 3.63) is 64.7 Å². The van der Waals surface area contributed by atoms with Gasteiger partial charge in [0, 0.05) is 31.1 Å². The molecule has 2 aromatic rings. The van der Waals surface area contributed by atoms with Crippen LogP contribution in [-0.4, -0.2) is 40.8 Å². The molecule has 0 aliphatic carbocycles. The fourth-order valence-electron chi connectivity index (χ4n) is 5.69. The minimum Gasteiger partial charge on any atom is -0.487 e. The molecule has 0 bridgehead atoms. The van der Waals surface area contributed by atoms with Crippen LogP contribution in [0.25, 0.3) is 0 Å². The highest BCUT2D eigenvalue weighted by Crippen LogP contribution is 2.53. The first-order chi connectivity index (χ1) is 14.8. The second-order valence-electron chi connectivity index (χ2n) is 9.97. The van der Waals surface area contributed by atoms with E-state index in [1.807, 2.05) is 12.1 Å². The van der Waals surface area contributed by atoms with E-state index < -0.39 is 5.97 Å². The summed E-state index contributed by atoms with van der Waals surface area (Å²) >= 11 is 0. The van der Waals surface area contributed by atoms with Gasteiger partial charge in [0.15, 0.2) is 0 Å². The minimum atomic E-state index is -0.873. The third kappa shape index (κ3) is 3.85. The molecule has 5 rings (SSSR count). The van der Waals surface area contributed by atoms with Gasteiger partial charge in [0.25, 0.3) is 0 Å². The van der Waals surface area contributed by atoms with Crippen molar-refractivity contribution in [2.45, 2.75) is 58.0 Å². The van der Waals surface area contributed by atoms with Crippen molar-refractivity contribution in [3.63, 3.8) is 0 Å². The highest BCUT2D eigenvalue weighted by molar-refractivity contribution is 5.87. The van der Waals surface area contributed by atoms with Crippen LogP contribution in [0.2, 0.25) is 0 Å². The lowest BCUT2D eigenvalue weighted by Gasteiger charge is -2.53. The number of fused-ring (bicyclic) bond motifs is 4. The van der Waals surface area contributed by atoms with Crippen LogP contribution in [-0.2, 0) is 11.3 Å². The molecule has 2 saturated heterocycles. The molecule has 0 radical (unpaired) electrons. The lowest BCUT2D eigenvalue weighted by molar-refractivity contribution is -0.187. The number of carboxylic acids is 1. The zero-order valence-electron chi connectivity index (χ0n) is 18.5. The second kappa shape index (κ2) is 7.64. The van der Waals surface area contributed by atoms with E-state index in [0.29, 0.717) is 17.4 Å². The van der Waals surface area contributed by atoms with Crippen molar-refractivity contribution in [1.29, 1.82) is 0 Å². The maximum atomic E-state index is 11.3. The Kier molecular flexibility index (Phi) is 5.06. The molecule has 2 fully saturated rings. The van der Waals surface area contributed by atoms with Gasteiger partial charge < -0.3 is 14.6 Å². The second-order valence-corrected chi connectivity index (χ2v) is 9.97. The molecule has 164 valence electrons. The number of hydrogen-bond donors (Lipinski definition) is 1.